The van der Waals surface area contributed by atoms with Gasteiger partial charge in [-0.25, -0.2) is 13.4 Å². The monoisotopic (exact) mass is 518 g/mol. The summed E-state index contributed by atoms with van der Waals surface area (Å²) in [7, 11) is -3.57. The minimum atomic E-state index is -3.57. The third-order valence-electron chi connectivity index (χ3n) is 5.98. The summed E-state index contributed by atoms with van der Waals surface area (Å²) in [5, 5.41) is 9.43. The Bertz CT molecular complexity index is 1090. The Morgan fingerprint density at radius 1 is 1.11 bits per heavy atom. The van der Waals surface area contributed by atoms with Crippen LogP contribution in [-0.4, -0.2) is 67.5 Å². The van der Waals surface area contributed by atoms with Crippen LogP contribution in [0.5, 0.6) is 0 Å². The Labute approximate surface area is 214 Å². The zero-order valence-electron chi connectivity index (χ0n) is 21.4. The molecule has 1 aliphatic rings. The van der Waals surface area contributed by atoms with Gasteiger partial charge in [0.25, 0.3) is 5.91 Å². The van der Waals surface area contributed by atoms with Crippen molar-refractivity contribution in [1.82, 2.24) is 14.3 Å². The second-order valence-electron chi connectivity index (χ2n) is 8.74. The van der Waals surface area contributed by atoms with Crippen molar-refractivity contribution in [3.05, 3.63) is 36.0 Å². The van der Waals surface area contributed by atoms with Crippen LogP contribution in [0.25, 0.3) is 0 Å². The Hall–Kier alpha value is -2.76. The predicted octanol–water partition coefficient (Wildman–Crippen LogP) is 3.95. The fourth-order valence-corrected chi connectivity index (χ4v) is 5.45. The minimum Gasteiger partial charge on any atom is -0.381 e. The molecule has 1 fully saturated rings. The Morgan fingerprint density at radius 3 is 2.47 bits per heavy atom. The first-order valence-corrected chi connectivity index (χ1v) is 14.2. The number of rotatable bonds is 13. The maximum Gasteiger partial charge on any atom is 0.260 e. The summed E-state index contributed by atoms with van der Waals surface area (Å²) < 4.78 is 32.6. The summed E-state index contributed by atoms with van der Waals surface area (Å²) >= 11 is 0. The van der Waals surface area contributed by atoms with Crippen LogP contribution in [0, 0.1) is 0 Å². The van der Waals surface area contributed by atoms with Crippen LogP contribution in [0.1, 0.15) is 63.2 Å². The van der Waals surface area contributed by atoms with E-state index in [1.165, 1.54) is 22.6 Å². The van der Waals surface area contributed by atoms with Crippen LogP contribution in [-0.2, 0) is 14.8 Å². The molecular formula is C25H38N6O4S. The predicted molar refractivity (Wildman–Crippen MR) is 142 cm³/mol. The van der Waals surface area contributed by atoms with Crippen molar-refractivity contribution in [3.63, 3.8) is 0 Å². The molecule has 11 heteroatoms. The molecule has 1 saturated heterocycles. The highest BCUT2D eigenvalue weighted by Crippen LogP contribution is 2.22. The van der Waals surface area contributed by atoms with E-state index in [0.29, 0.717) is 49.3 Å². The van der Waals surface area contributed by atoms with Gasteiger partial charge in [-0.15, -0.1) is 0 Å². The highest BCUT2D eigenvalue weighted by Gasteiger charge is 2.23. The molecule has 0 unspecified atom stereocenters. The Balaban J connectivity index is 1.77. The van der Waals surface area contributed by atoms with E-state index in [1.807, 2.05) is 13.8 Å². The van der Waals surface area contributed by atoms with Gasteiger partial charge in [-0.2, -0.15) is 9.29 Å². The SMILES string of the molecule is CCCCNc1ncc(C(=O)Nc2ccc(S(=O)(=O)N(CC)CCC)cc2)c(NC2CCOCC2)n1. The number of nitrogens with zero attached hydrogens (tertiary/aromatic N) is 3. The second kappa shape index (κ2) is 13.5. The number of amides is 1. The average molecular weight is 519 g/mol. The Morgan fingerprint density at radius 2 is 1.83 bits per heavy atom. The van der Waals surface area contributed by atoms with Gasteiger partial charge in [-0.05, 0) is 49.9 Å². The van der Waals surface area contributed by atoms with Crippen molar-refractivity contribution in [1.29, 1.82) is 0 Å². The maximum absolute atomic E-state index is 13.2. The number of carbonyl (C=O) groups excluding carboxylic acids is 1. The summed E-state index contributed by atoms with van der Waals surface area (Å²) in [4.78, 5) is 22.3. The number of unbranched alkanes of at least 4 members (excludes halogenated alkanes) is 1. The highest BCUT2D eigenvalue weighted by atomic mass is 32.2. The van der Waals surface area contributed by atoms with Gasteiger partial charge in [-0.1, -0.05) is 27.2 Å². The van der Waals surface area contributed by atoms with Crippen molar-refractivity contribution >= 4 is 33.4 Å². The van der Waals surface area contributed by atoms with Crippen LogP contribution < -0.4 is 16.0 Å². The first kappa shape index (κ1) is 27.8. The standard InChI is InChI=1S/C25H38N6O4S/c1-4-7-14-26-25-27-18-22(23(30-25)28-20-12-16-35-17-13-20)24(32)29-19-8-10-21(11-9-19)36(33,34)31(6-3)15-5-2/h8-11,18,20H,4-7,12-17H2,1-3H3,(H,29,32)(H2,26,27,28,30). The topological polar surface area (TPSA) is 126 Å². The number of ether oxygens (including phenoxy) is 1. The number of benzene rings is 1. The molecule has 2 heterocycles. The second-order valence-corrected chi connectivity index (χ2v) is 10.7. The number of carbonyl (C=O) groups is 1. The number of aromatic nitrogens is 2. The number of anilines is 3. The summed E-state index contributed by atoms with van der Waals surface area (Å²) in [6.45, 7) is 8.82. The van der Waals surface area contributed by atoms with E-state index >= 15 is 0 Å². The van der Waals surface area contributed by atoms with Gasteiger partial charge in [0.15, 0.2) is 0 Å². The van der Waals surface area contributed by atoms with E-state index in [9.17, 15) is 13.2 Å². The van der Waals surface area contributed by atoms with Gasteiger partial charge >= 0.3 is 0 Å². The molecule has 0 aliphatic carbocycles. The van der Waals surface area contributed by atoms with Crippen LogP contribution >= 0.6 is 0 Å². The fourth-order valence-electron chi connectivity index (χ4n) is 3.91. The fraction of sp³-hybridized carbons (Fsp3) is 0.560. The molecule has 0 radical (unpaired) electrons. The van der Waals surface area contributed by atoms with Crippen LogP contribution in [0.2, 0.25) is 0 Å². The largest absolute Gasteiger partial charge is 0.381 e. The molecule has 0 bridgehead atoms. The van der Waals surface area contributed by atoms with Crippen molar-refractivity contribution < 1.29 is 17.9 Å². The summed E-state index contributed by atoms with van der Waals surface area (Å²) in [5.74, 6) is 0.559. The molecule has 1 aromatic heterocycles. The molecule has 1 amide bonds. The lowest BCUT2D eigenvalue weighted by molar-refractivity contribution is 0.0903. The molecule has 1 aromatic carbocycles. The zero-order valence-corrected chi connectivity index (χ0v) is 22.2. The van der Waals surface area contributed by atoms with E-state index in [0.717, 1.165) is 38.6 Å². The number of hydrogen-bond acceptors (Lipinski definition) is 8. The molecule has 0 saturated carbocycles. The summed E-state index contributed by atoms with van der Waals surface area (Å²) in [6.07, 6.45) is 5.95. The first-order chi connectivity index (χ1) is 17.4. The number of sulfonamides is 1. The van der Waals surface area contributed by atoms with E-state index < -0.39 is 10.0 Å². The molecule has 1 aliphatic heterocycles. The lowest BCUT2D eigenvalue weighted by atomic mass is 10.1. The van der Waals surface area contributed by atoms with Crippen LogP contribution in [0.3, 0.4) is 0 Å². The number of nitrogens with one attached hydrogen (secondary N) is 3. The quantitative estimate of drug-likeness (QED) is 0.340. The van der Waals surface area contributed by atoms with E-state index in [2.05, 4.69) is 32.8 Å². The molecular weight excluding hydrogens is 480 g/mol. The van der Waals surface area contributed by atoms with E-state index in [-0.39, 0.29) is 16.8 Å². The molecule has 198 valence electrons. The minimum absolute atomic E-state index is 0.151. The third-order valence-corrected chi connectivity index (χ3v) is 7.97. The summed E-state index contributed by atoms with van der Waals surface area (Å²) in [6, 6.07) is 6.37. The molecule has 3 rings (SSSR count). The Kier molecular flexibility index (Phi) is 10.4. The maximum atomic E-state index is 13.2. The van der Waals surface area contributed by atoms with Crippen LogP contribution in [0.4, 0.5) is 17.5 Å². The van der Waals surface area contributed by atoms with E-state index in [4.69, 9.17) is 4.74 Å². The molecule has 36 heavy (non-hydrogen) atoms. The lowest BCUT2D eigenvalue weighted by Crippen LogP contribution is -2.31. The highest BCUT2D eigenvalue weighted by molar-refractivity contribution is 7.89. The average Bonchev–Trinajstić information content (AvgIpc) is 2.88. The van der Waals surface area contributed by atoms with Gasteiger partial charge in [0.2, 0.25) is 16.0 Å². The zero-order chi connectivity index (χ0) is 26.0. The van der Waals surface area contributed by atoms with E-state index in [1.54, 1.807) is 12.1 Å². The van der Waals surface area contributed by atoms with Gasteiger partial charge < -0.3 is 20.7 Å². The lowest BCUT2D eigenvalue weighted by Gasteiger charge is -2.24. The molecule has 2 aromatic rings. The molecule has 3 N–H and O–H groups in total. The summed E-state index contributed by atoms with van der Waals surface area (Å²) in [5.41, 5.74) is 0.805. The molecule has 0 atom stereocenters. The van der Waals surface area contributed by atoms with Gasteiger partial charge in [0.05, 0.1) is 4.90 Å². The smallest absolute Gasteiger partial charge is 0.260 e. The van der Waals surface area contributed by atoms with Crippen molar-refractivity contribution in [3.8, 4) is 0 Å². The normalized spacial score (nSPS) is 14.6. The van der Waals surface area contributed by atoms with Gasteiger partial charge in [0.1, 0.15) is 11.4 Å². The molecule has 10 nitrogen and oxygen atoms in total. The first-order valence-electron chi connectivity index (χ1n) is 12.8. The number of hydrogen-bond donors (Lipinski definition) is 3. The molecule has 0 spiro atoms. The van der Waals surface area contributed by atoms with Crippen molar-refractivity contribution in [2.45, 2.75) is 63.8 Å². The van der Waals surface area contributed by atoms with Gasteiger partial charge in [0, 0.05) is 50.8 Å². The van der Waals surface area contributed by atoms with Crippen molar-refractivity contribution in [2.24, 2.45) is 0 Å². The van der Waals surface area contributed by atoms with Crippen LogP contribution in [0.15, 0.2) is 35.4 Å². The van der Waals surface area contributed by atoms with Crippen molar-refractivity contribution in [2.75, 3.05) is 48.8 Å². The third kappa shape index (κ3) is 7.37. The van der Waals surface area contributed by atoms with Gasteiger partial charge in [-0.3, -0.25) is 4.79 Å².